The van der Waals surface area contributed by atoms with E-state index in [2.05, 4.69) is 15.6 Å². The van der Waals surface area contributed by atoms with Crippen LogP contribution in [0.5, 0.6) is 0 Å². The van der Waals surface area contributed by atoms with Gasteiger partial charge in [0.2, 0.25) is 5.91 Å². The van der Waals surface area contributed by atoms with Crippen LogP contribution in [-0.4, -0.2) is 47.2 Å². The van der Waals surface area contributed by atoms with Gasteiger partial charge in [-0.05, 0) is 19.3 Å². The van der Waals surface area contributed by atoms with Crippen LogP contribution >= 0.6 is 0 Å². The van der Waals surface area contributed by atoms with Crippen molar-refractivity contribution in [2.75, 3.05) is 20.3 Å². The number of amides is 1. The smallest absolute Gasteiger partial charge is 0.245 e. The van der Waals surface area contributed by atoms with Crippen LogP contribution in [0.2, 0.25) is 0 Å². The SMILES string of the molecule is CNC(=O)COCCC(N)CCCCCn1ccnn1. The van der Waals surface area contributed by atoms with Crippen LogP contribution in [0.25, 0.3) is 0 Å². The summed E-state index contributed by atoms with van der Waals surface area (Å²) in [6.07, 6.45) is 8.66. The molecule has 7 nitrogen and oxygen atoms in total. The Labute approximate surface area is 119 Å². The third kappa shape index (κ3) is 7.85. The highest BCUT2D eigenvalue weighted by Crippen LogP contribution is 2.06. The fourth-order valence-electron chi connectivity index (χ4n) is 1.83. The van der Waals surface area contributed by atoms with Crippen LogP contribution in [0, 0.1) is 0 Å². The Morgan fingerprint density at radius 1 is 1.40 bits per heavy atom. The lowest BCUT2D eigenvalue weighted by atomic mass is 10.1. The first-order chi connectivity index (χ1) is 9.72. The van der Waals surface area contributed by atoms with E-state index in [1.807, 2.05) is 10.9 Å². The number of nitrogens with one attached hydrogen (secondary N) is 1. The Morgan fingerprint density at radius 2 is 2.25 bits per heavy atom. The summed E-state index contributed by atoms with van der Waals surface area (Å²) in [5.41, 5.74) is 5.99. The van der Waals surface area contributed by atoms with Crippen LogP contribution in [0.4, 0.5) is 0 Å². The minimum Gasteiger partial charge on any atom is -0.372 e. The van der Waals surface area contributed by atoms with Gasteiger partial charge < -0.3 is 15.8 Å². The maximum atomic E-state index is 10.9. The summed E-state index contributed by atoms with van der Waals surface area (Å²) < 4.78 is 7.06. The van der Waals surface area contributed by atoms with E-state index in [1.54, 1.807) is 13.2 Å². The van der Waals surface area contributed by atoms with Crippen LogP contribution in [0.3, 0.4) is 0 Å². The van der Waals surface area contributed by atoms with Crippen LogP contribution in [0.1, 0.15) is 32.1 Å². The molecule has 0 aliphatic heterocycles. The molecule has 3 N–H and O–H groups in total. The minimum absolute atomic E-state index is 0.105. The van der Waals surface area contributed by atoms with Crippen molar-refractivity contribution in [2.45, 2.75) is 44.7 Å². The lowest BCUT2D eigenvalue weighted by Gasteiger charge is -2.11. The summed E-state index contributed by atoms with van der Waals surface area (Å²) in [5, 5.41) is 10.2. The quantitative estimate of drug-likeness (QED) is 0.570. The zero-order valence-electron chi connectivity index (χ0n) is 12.1. The molecule has 1 unspecified atom stereocenters. The van der Waals surface area contributed by atoms with E-state index in [4.69, 9.17) is 10.5 Å². The number of hydrogen-bond acceptors (Lipinski definition) is 5. The number of carbonyl (C=O) groups excluding carboxylic acids is 1. The van der Waals surface area contributed by atoms with E-state index in [0.717, 1.165) is 38.6 Å². The average Bonchev–Trinajstić information content (AvgIpc) is 2.96. The molecule has 0 bridgehead atoms. The second-order valence-electron chi connectivity index (χ2n) is 4.79. The summed E-state index contributed by atoms with van der Waals surface area (Å²) >= 11 is 0. The summed E-state index contributed by atoms with van der Waals surface area (Å²) in [6, 6.07) is 0.144. The third-order valence-electron chi connectivity index (χ3n) is 3.08. The maximum Gasteiger partial charge on any atom is 0.245 e. The van der Waals surface area contributed by atoms with Gasteiger partial charge in [0.25, 0.3) is 0 Å². The normalized spacial score (nSPS) is 12.3. The molecule has 1 heterocycles. The zero-order chi connectivity index (χ0) is 14.6. The number of unbranched alkanes of at least 4 members (excludes halogenated alkanes) is 2. The highest BCUT2D eigenvalue weighted by molar-refractivity contribution is 5.76. The first kappa shape index (κ1) is 16.6. The number of nitrogens with zero attached hydrogens (tertiary/aromatic N) is 3. The van der Waals surface area contributed by atoms with Gasteiger partial charge >= 0.3 is 0 Å². The van der Waals surface area contributed by atoms with E-state index in [1.165, 1.54) is 0 Å². The number of rotatable bonds is 11. The second kappa shape index (κ2) is 10.3. The third-order valence-corrected chi connectivity index (χ3v) is 3.08. The predicted molar refractivity (Wildman–Crippen MR) is 76.0 cm³/mol. The van der Waals surface area contributed by atoms with E-state index >= 15 is 0 Å². The van der Waals surface area contributed by atoms with Gasteiger partial charge in [-0.15, -0.1) is 5.10 Å². The Kier molecular flexibility index (Phi) is 8.57. The Morgan fingerprint density at radius 3 is 2.95 bits per heavy atom. The highest BCUT2D eigenvalue weighted by atomic mass is 16.5. The molecule has 1 amide bonds. The summed E-state index contributed by atoms with van der Waals surface area (Å²) in [6.45, 7) is 1.55. The van der Waals surface area contributed by atoms with E-state index in [0.29, 0.717) is 6.61 Å². The second-order valence-corrected chi connectivity index (χ2v) is 4.79. The molecular weight excluding hydrogens is 258 g/mol. The Balaban J connectivity index is 1.89. The molecule has 0 aliphatic rings. The molecule has 114 valence electrons. The molecule has 1 rings (SSSR count). The Hall–Kier alpha value is -1.47. The van der Waals surface area contributed by atoms with E-state index in [-0.39, 0.29) is 18.6 Å². The monoisotopic (exact) mass is 283 g/mol. The lowest BCUT2D eigenvalue weighted by Crippen LogP contribution is -2.26. The molecule has 0 aliphatic carbocycles. The van der Waals surface area contributed by atoms with Crippen LogP contribution in [0.15, 0.2) is 12.4 Å². The number of aromatic nitrogens is 3. The van der Waals surface area contributed by atoms with Crippen LogP contribution < -0.4 is 11.1 Å². The zero-order valence-corrected chi connectivity index (χ0v) is 12.1. The van der Waals surface area contributed by atoms with Crippen molar-refractivity contribution in [2.24, 2.45) is 5.73 Å². The number of likely N-dealkylation sites (N-methyl/N-ethyl adjacent to an activating group) is 1. The first-order valence-corrected chi connectivity index (χ1v) is 7.10. The van der Waals surface area contributed by atoms with Gasteiger partial charge in [0, 0.05) is 32.4 Å². The van der Waals surface area contributed by atoms with E-state index < -0.39 is 0 Å². The molecule has 0 radical (unpaired) electrons. The number of carbonyl (C=O) groups is 1. The molecule has 1 atom stereocenters. The number of hydrogen-bond donors (Lipinski definition) is 2. The van der Waals surface area contributed by atoms with Crippen molar-refractivity contribution in [1.82, 2.24) is 20.3 Å². The van der Waals surface area contributed by atoms with Crippen molar-refractivity contribution in [3.63, 3.8) is 0 Å². The molecule has 7 heteroatoms. The average molecular weight is 283 g/mol. The van der Waals surface area contributed by atoms with Crippen molar-refractivity contribution in [3.05, 3.63) is 12.4 Å². The van der Waals surface area contributed by atoms with Gasteiger partial charge in [0.15, 0.2) is 0 Å². The lowest BCUT2D eigenvalue weighted by molar-refractivity contribution is -0.125. The maximum absolute atomic E-state index is 10.9. The van der Waals surface area contributed by atoms with Crippen molar-refractivity contribution in [3.8, 4) is 0 Å². The van der Waals surface area contributed by atoms with Gasteiger partial charge in [-0.2, -0.15) is 0 Å². The number of nitrogens with two attached hydrogens (primary N) is 1. The Bertz CT molecular complexity index is 356. The number of ether oxygens (including phenoxy) is 1. The molecule has 20 heavy (non-hydrogen) atoms. The molecular formula is C13H25N5O2. The molecule has 0 fully saturated rings. The van der Waals surface area contributed by atoms with Gasteiger partial charge in [-0.25, -0.2) is 0 Å². The van der Waals surface area contributed by atoms with Gasteiger partial charge in [0.1, 0.15) is 6.61 Å². The van der Waals surface area contributed by atoms with Gasteiger partial charge in [-0.1, -0.05) is 18.1 Å². The largest absolute Gasteiger partial charge is 0.372 e. The minimum atomic E-state index is -0.105. The van der Waals surface area contributed by atoms with E-state index in [9.17, 15) is 4.79 Å². The van der Waals surface area contributed by atoms with Crippen LogP contribution in [-0.2, 0) is 16.1 Å². The van der Waals surface area contributed by atoms with Crippen molar-refractivity contribution in [1.29, 1.82) is 0 Å². The molecule has 1 aromatic rings. The topological polar surface area (TPSA) is 95.1 Å². The molecule has 0 aromatic carbocycles. The van der Waals surface area contributed by atoms with Crippen molar-refractivity contribution >= 4 is 5.91 Å². The van der Waals surface area contributed by atoms with Gasteiger partial charge in [-0.3, -0.25) is 9.48 Å². The highest BCUT2D eigenvalue weighted by Gasteiger charge is 2.04. The van der Waals surface area contributed by atoms with Gasteiger partial charge in [0.05, 0.1) is 6.20 Å². The molecule has 0 spiro atoms. The molecule has 0 saturated heterocycles. The number of aryl methyl sites for hydroxylation is 1. The standard InChI is InChI=1S/C13H25N5O2/c1-15-13(19)11-20-10-6-12(14)5-3-2-4-8-18-9-7-16-17-18/h7,9,12H,2-6,8,10-11,14H2,1H3,(H,15,19). The fraction of sp³-hybridized carbons (Fsp3) is 0.769. The molecule has 0 saturated carbocycles. The van der Waals surface area contributed by atoms with Crippen molar-refractivity contribution < 1.29 is 9.53 Å². The first-order valence-electron chi connectivity index (χ1n) is 7.10. The predicted octanol–water partition coefficient (Wildman–Crippen LogP) is 0.319. The summed E-state index contributed by atoms with van der Waals surface area (Å²) in [4.78, 5) is 10.9. The summed E-state index contributed by atoms with van der Waals surface area (Å²) in [7, 11) is 1.59. The summed E-state index contributed by atoms with van der Waals surface area (Å²) in [5.74, 6) is -0.105. The molecule has 1 aromatic heterocycles. The fourth-order valence-corrected chi connectivity index (χ4v) is 1.83.